The number of aromatic nitrogens is 1. The average molecular weight is 325 g/mol. The van der Waals surface area contributed by atoms with Crippen LogP contribution in [0.5, 0.6) is 5.75 Å². The number of anilines is 2. The predicted octanol–water partition coefficient (Wildman–Crippen LogP) is 2.68. The zero-order chi connectivity index (χ0) is 16.9. The zero-order valence-corrected chi connectivity index (χ0v) is 13.5. The molecule has 124 valence electrons. The number of pyridine rings is 1. The Hall–Kier alpha value is -2.89. The fourth-order valence-electron chi connectivity index (χ4n) is 2.45. The van der Waals surface area contributed by atoms with Crippen molar-refractivity contribution in [2.75, 3.05) is 17.2 Å². The van der Waals surface area contributed by atoms with Crippen molar-refractivity contribution in [2.45, 2.75) is 26.2 Å². The van der Waals surface area contributed by atoms with Crippen LogP contribution < -0.4 is 15.4 Å². The van der Waals surface area contributed by atoms with Crippen LogP contribution in [0.15, 0.2) is 36.4 Å². The maximum Gasteiger partial charge on any atom is 0.263 e. The third-order valence-corrected chi connectivity index (χ3v) is 3.73. The fourth-order valence-corrected chi connectivity index (χ4v) is 2.45. The second-order valence-electron chi connectivity index (χ2n) is 5.77. The number of rotatable bonds is 5. The lowest BCUT2D eigenvalue weighted by Crippen LogP contribution is -2.26. The normalized spacial score (nSPS) is 12.8. The molecule has 0 spiro atoms. The first kappa shape index (κ1) is 16.0. The van der Waals surface area contributed by atoms with Crippen LogP contribution >= 0.6 is 0 Å². The molecule has 0 radical (unpaired) electrons. The summed E-state index contributed by atoms with van der Waals surface area (Å²) in [5, 5.41) is 5.36. The van der Waals surface area contributed by atoms with E-state index in [4.69, 9.17) is 4.74 Å². The molecule has 3 rings (SSSR count). The molecule has 0 unspecified atom stereocenters. The minimum Gasteiger partial charge on any atom is -0.480 e. The van der Waals surface area contributed by atoms with Gasteiger partial charge in [0.1, 0.15) is 5.82 Å². The number of benzene rings is 1. The molecule has 2 N–H and O–H groups in total. The Kier molecular flexibility index (Phi) is 4.74. The summed E-state index contributed by atoms with van der Waals surface area (Å²) < 4.78 is 5.23. The van der Waals surface area contributed by atoms with Gasteiger partial charge in [-0.1, -0.05) is 29.8 Å². The number of amides is 2. The first-order valence-corrected chi connectivity index (χ1v) is 7.89. The van der Waals surface area contributed by atoms with Crippen molar-refractivity contribution in [3.8, 4) is 5.75 Å². The summed E-state index contributed by atoms with van der Waals surface area (Å²) >= 11 is 0. The van der Waals surface area contributed by atoms with E-state index in [2.05, 4.69) is 46.8 Å². The third-order valence-electron chi connectivity index (χ3n) is 3.73. The van der Waals surface area contributed by atoms with E-state index >= 15 is 0 Å². The van der Waals surface area contributed by atoms with Gasteiger partial charge in [0.25, 0.3) is 5.91 Å². The number of carbonyl (C=O) groups excluding carboxylic acids is 2. The first-order chi connectivity index (χ1) is 11.6. The molecule has 24 heavy (non-hydrogen) atoms. The largest absolute Gasteiger partial charge is 0.480 e. The van der Waals surface area contributed by atoms with Crippen LogP contribution in [0.2, 0.25) is 0 Å². The quantitative estimate of drug-likeness (QED) is 0.886. The van der Waals surface area contributed by atoms with E-state index in [0.717, 1.165) is 12.8 Å². The number of nitrogens with one attached hydrogen (secondary N) is 2. The van der Waals surface area contributed by atoms with Crippen molar-refractivity contribution in [1.29, 1.82) is 0 Å². The highest BCUT2D eigenvalue weighted by atomic mass is 16.5. The van der Waals surface area contributed by atoms with Crippen LogP contribution in [0, 0.1) is 6.92 Å². The molecule has 0 bridgehead atoms. The highest BCUT2D eigenvalue weighted by Crippen LogP contribution is 2.26. The molecule has 2 heterocycles. The molecule has 1 aromatic heterocycles. The molecule has 0 saturated heterocycles. The minimum atomic E-state index is -0.253. The summed E-state index contributed by atoms with van der Waals surface area (Å²) in [6.07, 6.45) is 2.03. The first-order valence-electron chi connectivity index (χ1n) is 7.89. The van der Waals surface area contributed by atoms with E-state index in [1.54, 1.807) is 12.1 Å². The van der Waals surface area contributed by atoms with E-state index in [0.29, 0.717) is 23.8 Å². The summed E-state index contributed by atoms with van der Waals surface area (Å²) in [5.74, 6) is 0.893. The Bertz CT molecular complexity index is 757. The van der Waals surface area contributed by atoms with Crippen LogP contribution in [0.3, 0.4) is 0 Å². The molecule has 0 saturated carbocycles. The van der Waals surface area contributed by atoms with E-state index in [9.17, 15) is 9.59 Å². The summed E-state index contributed by atoms with van der Waals surface area (Å²) in [5.41, 5.74) is 2.45. The maximum atomic E-state index is 12.0. The summed E-state index contributed by atoms with van der Waals surface area (Å²) in [6, 6.07) is 11.7. The molecule has 6 nitrogen and oxygen atoms in total. The highest BCUT2D eigenvalue weighted by molar-refractivity contribution is 5.95. The van der Waals surface area contributed by atoms with E-state index < -0.39 is 0 Å². The smallest absolute Gasteiger partial charge is 0.263 e. The van der Waals surface area contributed by atoms with Gasteiger partial charge < -0.3 is 15.4 Å². The monoisotopic (exact) mass is 325 g/mol. The summed E-state index contributed by atoms with van der Waals surface area (Å²) in [7, 11) is 0. The van der Waals surface area contributed by atoms with Crippen LogP contribution in [0.1, 0.15) is 24.0 Å². The Morgan fingerprint density at radius 1 is 1.25 bits per heavy atom. The van der Waals surface area contributed by atoms with Gasteiger partial charge in [-0.15, -0.1) is 0 Å². The maximum absolute atomic E-state index is 12.0. The highest BCUT2D eigenvalue weighted by Gasteiger charge is 2.17. The van der Waals surface area contributed by atoms with Gasteiger partial charge in [0.2, 0.25) is 5.91 Å². The second kappa shape index (κ2) is 7.12. The summed E-state index contributed by atoms with van der Waals surface area (Å²) in [6.45, 7) is 2.04. The molecule has 2 amide bonds. The molecule has 6 heteroatoms. The van der Waals surface area contributed by atoms with Gasteiger partial charge in [-0.25, -0.2) is 4.98 Å². The minimum absolute atomic E-state index is 0.0145. The summed E-state index contributed by atoms with van der Waals surface area (Å²) in [4.78, 5) is 27.5. The van der Waals surface area contributed by atoms with E-state index in [1.807, 2.05) is 0 Å². The lowest BCUT2D eigenvalue weighted by Gasteiger charge is -2.17. The van der Waals surface area contributed by atoms with Crippen molar-refractivity contribution < 1.29 is 14.3 Å². The Balaban J connectivity index is 1.50. The van der Waals surface area contributed by atoms with Crippen molar-refractivity contribution in [3.63, 3.8) is 0 Å². The van der Waals surface area contributed by atoms with Gasteiger partial charge in [0, 0.05) is 6.42 Å². The number of hydrogen-bond donors (Lipinski definition) is 2. The van der Waals surface area contributed by atoms with Crippen molar-refractivity contribution in [1.82, 2.24) is 4.98 Å². The Labute approximate surface area is 140 Å². The van der Waals surface area contributed by atoms with Crippen molar-refractivity contribution >= 4 is 23.5 Å². The fraction of sp³-hybridized carbons (Fsp3) is 0.278. The molecule has 0 fully saturated rings. The number of fused-ring (bicyclic) bond motifs is 1. The van der Waals surface area contributed by atoms with Gasteiger partial charge in [-0.05, 0) is 37.5 Å². The number of ether oxygens (including phenoxy) is 1. The molecule has 0 atom stereocenters. The molecule has 2 aromatic rings. The Morgan fingerprint density at radius 2 is 2.04 bits per heavy atom. The van der Waals surface area contributed by atoms with E-state index in [-0.39, 0.29) is 18.4 Å². The molecule has 1 aromatic carbocycles. The van der Waals surface area contributed by atoms with Crippen LogP contribution in [0.25, 0.3) is 0 Å². The van der Waals surface area contributed by atoms with Crippen LogP contribution in [-0.2, 0) is 16.0 Å². The number of hydrogen-bond acceptors (Lipinski definition) is 4. The van der Waals surface area contributed by atoms with Crippen LogP contribution in [0.4, 0.5) is 11.6 Å². The molecular weight excluding hydrogens is 306 g/mol. The number of aryl methyl sites for hydroxylation is 2. The van der Waals surface area contributed by atoms with Crippen molar-refractivity contribution in [2.24, 2.45) is 0 Å². The van der Waals surface area contributed by atoms with E-state index in [1.165, 1.54) is 11.1 Å². The molecule has 1 aliphatic rings. The standard InChI is InChI=1S/C18H19N3O3/c1-12-5-7-13(8-6-12)3-2-4-16(22)19-15-10-9-14-18(20-15)21-17(23)11-24-14/h5-10H,2-4,11H2,1H3,(H2,19,20,21,22,23). The SMILES string of the molecule is Cc1ccc(CCCC(=O)Nc2ccc3c(n2)NC(=O)CO3)cc1. The third kappa shape index (κ3) is 4.10. The zero-order valence-electron chi connectivity index (χ0n) is 13.5. The van der Waals surface area contributed by atoms with Gasteiger partial charge in [0.05, 0.1) is 0 Å². The van der Waals surface area contributed by atoms with Gasteiger partial charge in [0.15, 0.2) is 18.2 Å². The lowest BCUT2D eigenvalue weighted by atomic mass is 10.1. The molecular formula is C18H19N3O3. The number of nitrogens with zero attached hydrogens (tertiary/aromatic N) is 1. The van der Waals surface area contributed by atoms with Gasteiger partial charge in [-0.3, -0.25) is 9.59 Å². The van der Waals surface area contributed by atoms with Gasteiger partial charge >= 0.3 is 0 Å². The van der Waals surface area contributed by atoms with Crippen molar-refractivity contribution in [3.05, 3.63) is 47.5 Å². The number of carbonyl (C=O) groups is 2. The average Bonchev–Trinajstić information content (AvgIpc) is 2.56. The van der Waals surface area contributed by atoms with Gasteiger partial charge in [-0.2, -0.15) is 0 Å². The Morgan fingerprint density at radius 3 is 2.83 bits per heavy atom. The topological polar surface area (TPSA) is 80.3 Å². The predicted molar refractivity (Wildman–Crippen MR) is 91.1 cm³/mol. The lowest BCUT2D eigenvalue weighted by molar-refractivity contribution is -0.118. The van der Waals surface area contributed by atoms with Crippen LogP contribution in [-0.4, -0.2) is 23.4 Å². The molecule has 1 aliphatic heterocycles. The molecule has 0 aliphatic carbocycles. The second-order valence-corrected chi connectivity index (χ2v) is 5.77.